The summed E-state index contributed by atoms with van der Waals surface area (Å²) in [4.78, 5) is 39.4. The number of amides is 2. The van der Waals surface area contributed by atoms with Crippen LogP contribution < -0.4 is 5.32 Å². The topological polar surface area (TPSA) is 130 Å². The van der Waals surface area contributed by atoms with Gasteiger partial charge in [0.05, 0.1) is 24.3 Å². The van der Waals surface area contributed by atoms with Crippen molar-refractivity contribution >= 4 is 45.5 Å². The van der Waals surface area contributed by atoms with E-state index >= 15 is 0 Å². The molecule has 0 aliphatic heterocycles. The van der Waals surface area contributed by atoms with E-state index in [1.54, 1.807) is 24.1 Å². The van der Waals surface area contributed by atoms with Gasteiger partial charge in [-0.15, -0.1) is 0 Å². The lowest BCUT2D eigenvalue weighted by molar-refractivity contribution is -0.131. The predicted octanol–water partition coefficient (Wildman–Crippen LogP) is 3.19. The number of aromatic nitrogens is 6. The van der Waals surface area contributed by atoms with Gasteiger partial charge in [0.1, 0.15) is 23.4 Å². The quantitative estimate of drug-likeness (QED) is 0.305. The van der Waals surface area contributed by atoms with E-state index in [1.165, 1.54) is 4.90 Å². The normalized spacial score (nSPS) is 15.0. The lowest BCUT2D eigenvalue weighted by Gasteiger charge is -2.22. The molecule has 2 saturated carbocycles. The highest BCUT2D eigenvalue weighted by molar-refractivity contribution is 6.07. The molecular formula is C28H34N10O2. The lowest BCUT2D eigenvalue weighted by atomic mass is 10.2. The molecule has 4 heterocycles. The molecule has 40 heavy (non-hydrogen) atoms. The van der Waals surface area contributed by atoms with E-state index in [9.17, 15) is 9.59 Å². The largest absolute Gasteiger partial charge is 0.336 e. The highest BCUT2D eigenvalue weighted by Crippen LogP contribution is 2.38. The van der Waals surface area contributed by atoms with Crippen LogP contribution >= 0.6 is 0 Å². The van der Waals surface area contributed by atoms with Crippen molar-refractivity contribution in [3.05, 3.63) is 29.8 Å². The van der Waals surface area contributed by atoms with Crippen LogP contribution in [0.25, 0.3) is 22.1 Å². The van der Waals surface area contributed by atoms with Crippen molar-refractivity contribution in [1.82, 2.24) is 38.7 Å². The molecule has 6 rings (SSSR count). The molecule has 0 spiro atoms. The number of imidazole rings is 1. The van der Waals surface area contributed by atoms with Gasteiger partial charge >= 0.3 is 0 Å². The van der Waals surface area contributed by atoms with Gasteiger partial charge in [0, 0.05) is 56.4 Å². The van der Waals surface area contributed by atoms with E-state index < -0.39 is 0 Å². The number of nitriles is 1. The van der Waals surface area contributed by atoms with Crippen molar-refractivity contribution in [1.29, 1.82) is 5.26 Å². The van der Waals surface area contributed by atoms with Crippen LogP contribution in [0.2, 0.25) is 0 Å². The molecule has 12 heteroatoms. The molecule has 4 aromatic heterocycles. The zero-order valence-electron chi connectivity index (χ0n) is 23.4. The Hall–Kier alpha value is -4.40. The van der Waals surface area contributed by atoms with Crippen LogP contribution in [0, 0.1) is 11.3 Å². The maximum Gasteiger partial charge on any atom is 0.272 e. The summed E-state index contributed by atoms with van der Waals surface area (Å²) in [5.74, 6) is 0.905. The predicted molar refractivity (Wildman–Crippen MR) is 150 cm³/mol. The number of nitrogens with zero attached hydrogens (tertiary/aromatic N) is 9. The number of aryl methyl sites for hydroxylation is 3. The molecule has 0 aromatic carbocycles. The fourth-order valence-electron chi connectivity index (χ4n) is 5.59. The number of nitrogens with one attached hydrogen (secondary N) is 1. The van der Waals surface area contributed by atoms with E-state index in [-0.39, 0.29) is 18.4 Å². The summed E-state index contributed by atoms with van der Waals surface area (Å²) < 4.78 is 5.68. The Morgan fingerprint density at radius 2 is 1.88 bits per heavy atom. The number of hydrogen-bond donors (Lipinski definition) is 1. The van der Waals surface area contributed by atoms with Gasteiger partial charge in [-0.05, 0) is 45.6 Å². The maximum absolute atomic E-state index is 13.4. The van der Waals surface area contributed by atoms with Gasteiger partial charge in [-0.1, -0.05) is 0 Å². The van der Waals surface area contributed by atoms with Gasteiger partial charge < -0.3 is 24.3 Å². The number of anilines is 2. The number of rotatable bonds is 10. The van der Waals surface area contributed by atoms with Gasteiger partial charge in [0.2, 0.25) is 5.91 Å². The monoisotopic (exact) mass is 542 g/mol. The Labute approximate surface area is 232 Å². The summed E-state index contributed by atoms with van der Waals surface area (Å²) in [5, 5.41) is 17.8. The average molecular weight is 543 g/mol. The van der Waals surface area contributed by atoms with Crippen molar-refractivity contribution in [2.45, 2.75) is 71.1 Å². The third kappa shape index (κ3) is 4.45. The summed E-state index contributed by atoms with van der Waals surface area (Å²) in [6, 6.07) is 6.59. The molecule has 1 N–H and O–H groups in total. The first-order chi connectivity index (χ1) is 19.3. The van der Waals surface area contributed by atoms with Crippen molar-refractivity contribution in [2.24, 2.45) is 7.05 Å². The third-order valence-electron chi connectivity index (χ3n) is 7.81. The van der Waals surface area contributed by atoms with Crippen molar-refractivity contribution in [3.8, 4) is 6.07 Å². The fourth-order valence-corrected chi connectivity index (χ4v) is 5.59. The average Bonchev–Trinajstić information content (AvgIpc) is 3.85. The van der Waals surface area contributed by atoms with Gasteiger partial charge in [-0.25, -0.2) is 9.97 Å². The Morgan fingerprint density at radius 3 is 2.50 bits per heavy atom. The molecule has 2 aliphatic carbocycles. The minimum atomic E-state index is -0.282. The van der Waals surface area contributed by atoms with Gasteiger partial charge in [-0.2, -0.15) is 10.4 Å². The molecule has 4 aromatic rings. The van der Waals surface area contributed by atoms with Crippen LogP contribution in [0.15, 0.2) is 18.5 Å². The number of carbonyl (C=O) groups excluding carboxylic acids is 2. The fraction of sp³-hybridized carbons (Fsp3) is 0.500. The Bertz CT molecular complexity index is 1650. The summed E-state index contributed by atoms with van der Waals surface area (Å²) >= 11 is 0. The number of hydrogen-bond acceptors (Lipinski definition) is 7. The molecule has 208 valence electrons. The van der Waals surface area contributed by atoms with Crippen LogP contribution in [0.4, 0.5) is 11.6 Å². The third-order valence-corrected chi connectivity index (χ3v) is 7.81. The SMILES string of the molecule is CCn1nc(Nc2nc3c(cc(CC(=O)N(C4CC4)C4CC4)n3CC)c3c2ncn3C)cc1C(=O)N(C)CC#N. The zero-order valence-corrected chi connectivity index (χ0v) is 23.4. The van der Waals surface area contributed by atoms with E-state index in [2.05, 4.69) is 37.9 Å². The van der Waals surface area contributed by atoms with Crippen LogP contribution in [0.3, 0.4) is 0 Å². The van der Waals surface area contributed by atoms with E-state index in [1.807, 2.05) is 24.6 Å². The summed E-state index contributed by atoms with van der Waals surface area (Å²) in [5.41, 5.74) is 3.70. The second kappa shape index (κ2) is 9.97. The Morgan fingerprint density at radius 1 is 1.15 bits per heavy atom. The van der Waals surface area contributed by atoms with Gasteiger partial charge in [0.15, 0.2) is 11.6 Å². The Kier molecular flexibility index (Phi) is 6.44. The molecular weight excluding hydrogens is 508 g/mol. The second-order valence-corrected chi connectivity index (χ2v) is 10.7. The molecule has 0 atom stereocenters. The second-order valence-electron chi connectivity index (χ2n) is 10.7. The van der Waals surface area contributed by atoms with Crippen LogP contribution in [-0.4, -0.2) is 76.2 Å². The van der Waals surface area contributed by atoms with E-state index in [4.69, 9.17) is 10.2 Å². The molecule has 2 fully saturated rings. The minimum absolute atomic E-state index is 0.0127. The smallest absolute Gasteiger partial charge is 0.272 e. The van der Waals surface area contributed by atoms with Crippen molar-refractivity contribution in [3.63, 3.8) is 0 Å². The molecule has 2 aliphatic rings. The highest BCUT2D eigenvalue weighted by Gasteiger charge is 2.42. The minimum Gasteiger partial charge on any atom is -0.336 e. The van der Waals surface area contributed by atoms with Crippen LogP contribution in [-0.2, 0) is 31.4 Å². The summed E-state index contributed by atoms with van der Waals surface area (Å²) in [6.45, 7) is 5.12. The number of carbonyl (C=O) groups is 2. The first kappa shape index (κ1) is 25.9. The number of pyridine rings is 1. The maximum atomic E-state index is 13.4. The molecule has 0 saturated heterocycles. The van der Waals surface area contributed by atoms with Gasteiger partial charge in [0.25, 0.3) is 5.91 Å². The molecule has 12 nitrogen and oxygen atoms in total. The van der Waals surface area contributed by atoms with E-state index in [0.717, 1.165) is 47.9 Å². The van der Waals surface area contributed by atoms with Crippen molar-refractivity contribution < 1.29 is 9.59 Å². The highest BCUT2D eigenvalue weighted by atomic mass is 16.2. The van der Waals surface area contributed by atoms with Crippen LogP contribution in [0.1, 0.15) is 55.7 Å². The first-order valence-electron chi connectivity index (χ1n) is 14.0. The van der Waals surface area contributed by atoms with E-state index in [0.29, 0.717) is 54.4 Å². The standard InChI is InChI=1S/C28H34N10O2/c1-5-36-19(14-23(39)38(17-7-8-17)18-9-10-18)13-20-25-24(30-16-35(25)4)26(32-27(20)36)31-22-15-21(37(6-2)33-22)28(40)34(3)12-11-29/h13,15-18H,5-10,12,14H2,1-4H3,(H,31,32,33). The summed E-state index contributed by atoms with van der Waals surface area (Å²) in [6.07, 6.45) is 6.55. The summed E-state index contributed by atoms with van der Waals surface area (Å²) in [7, 11) is 3.54. The first-order valence-corrected chi connectivity index (χ1v) is 14.0. The molecule has 0 unspecified atom stereocenters. The Balaban J connectivity index is 1.38. The lowest BCUT2D eigenvalue weighted by Crippen LogP contribution is -2.36. The molecule has 0 bridgehead atoms. The molecule has 2 amide bonds. The van der Waals surface area contributed by atoms with Gasteiger partial charge in [-0.3, -0.25) is 14.3 Å². The molecule has 0 radical (unpaired) electrons. The number of fused-ring (bicyclic) bond motifs is 3. The van der Waals surface area contributed by atoms with Crippen molar-refractivity contribution in [2.75, 3.05) is 18.9 Å². The van der Waals surface area contributed by atoms with Crippen LogP contribution in [0.5, 0.6) is 0 Å². The zero-order chi connectivity index (χ0) is 28.1.